The third kappa shape index (κ3) is 3.23. The van der Waals surface area contributed by atoms with Crippen LogP contribution >= 0.6 is 0 Å². The molecule has 1 aromatic rings. The molecule has 2 rings (SSSR count). The van der Waals surface area contributed by atoms with Gasteiger partial charge in [-0.2, -0.15) is 0 Å². The van der Waals surface area contributed by atoms with E-state index in [0.717, 1.165) is 31.7 Å². The topological polar surface area (TPSA) is 34.1 Å². The lowest BCUT2D eigenvalue weighted by Crippen LogP contribution is -2.38. The summed E-state index contributed by atoms with van der Waals surface area (Å²) in [4.78, 5) is 4.07. The van der Waals surface area contributed by atoms with Crippen LogP contribution in [0.15, 0.2) is 18.3 Å². The van der Waals surface area contributed by atoms with Gasteiger partial charge in [0, 0.05) is 19.2 Å². The van der Waals surface area contributed by atoms with E-state index < -0.39 is 0 Å². The molecule has 2 atom stereocenters. The van der Waals surface area contributed by atoms with Gasteiger partial charge in [-0.05, 0) is 38.8 Å². The molecule has 3 nitrogen and oxygen atoms in total. The molecule has 2 unspecified atom stereocenters. The van der Waals surface area contributed by atoms with Crippen molar-refractivity contribution in [3.05, 3.63) is 29.8 Å². The first-order chi connectivity index (χ1) is 8.09. The van der Waals surface area contributed by atoms with E-state index in [2.05, 4.69) is 17.2 Å². The van der Waals surface area contributed by atoms with Gasteiger partial charge in [0.15, 0.2) is 0 Å². The minimum absolute atomic E-state index is 0.0612. The van der Waals surface area contributed by atoms with Crippen LogP contribution in [0.2, 0.25) is 0 Å². The standard InChI is InChI=1S/C13H19FN2O/c1-10(12-5-4-11(14)8-15-12)16-9-13(2)6-3-7-17-13/h4-5,8,10,16H,3,6-7,9H2,1-2H3. The smallest absolute Gasteiger partial charge is 0.141 e. The number of aromatic nitrogens is 1. The average molecular weight is 238 g/mol. The lowest BCUT2D eigenvalue weighted by Gasteiger charge is -2.25. The van der Waals surface area contributed by atoms with Crippen LogP contribution in [-0.2, 0) is 4.74 Å². The zero-order valence-corrected chi connectivity index (χ0v) is 10.4. The molecule has 0 aliphatic carbocycles. The summed E-state index contributed by atoms with van der Waals surface area (Å²) in [5.74, 6) is -0.299. The normalized spacial score (nSPS) is 26.1. The summed E-state index contributed by atoms with van der Waals surface area (Å²) in [7, 11) is 0. The first-order valence-electron chi connectivity index (χ1n) is 6.08. The first kappa shape index (κ1) is 12.5. The first-order valence-corrected chi connectivity index (χ1v) is 6.08. The summed E-state index contributed by atoms with van der Waals surface area (Å²) in [5.41, 5.74) is 0.793. The molecular weight excluding hydrogens is 219 g/mol. The van der Waals surface area contributed by atoms with E-state index in [1.807, 2.05) is 6.92 Å². The van der Waals surface area contributed by atoms with Crippen molar-refractivity contribution < 1.29 is 9.13 Å². The van der Waals surface area contributed by atoms with Gasteiger partial charge in [0.05, 0.1) is 17.5 Å². The number of nitrogens with one attached hydrogen (secondary N) is 1. The van der Waals surface area contributed by atoms with E-state index in [1.54, 1.807) is 6.07 Å². The maximum absolute atomic E-state index is 12.7. The highest BCUT2D eigenvalue weighted by molar-refractivity contribution is 5.09. The highest BCUT2D eigenvalue weighted by Crippen LogP contribution is 2.24. The van der Waals surface area contributed by atoms with Gasteiger partial charge < -0.3 is 10.1 Å². The lowest BCUT2D eigenvalue weighted by molar-refractivity contribution is 0.0190. The van der Waals surface area contributed by atoms with Crippen LogP contribution in [0, 0.1) is 5.82 Å². The molecule has 4 heteroatoms. The monoisotopic (exact) mass is 238 g/mol. The van der Waals surface area contributed by atoms with Crippen LogP contribution < -0.4 is 5.32 Å². The van der Waals surface area contributed by atoms with Crippen LogP contribution in [0.25, 0.3) is 0 Å². The van der Waals surface area contributed by atoms with Gasteiger partial charge in [0.25, 0.3) is 0 Å². The van der Waals surface area contributed by atoms with Gasteiger partial charge >= 0.3 is 0 Å². The quantitative estimate of drug-likeness (QED) is 0.874. The summed E-state index contributed by atoms with van der Waals surface area (Å²) in [6.45, 7) is 5.80. The zero-order chi connectivity index (χ0) is 12.3. The van der Waals surface area contributed by atoms with Crippen molar-refractivity contribution in [3.63, 3.8) is 0 Å². The van der Waals surface area contributed by atoms with E-state index in [-0.39, 0.29) is 17.5 Å². The molecule has 17 heavy (non-hydrogen) atoms. The van der Waals surface area contributed by atoms with Gasteiger partial charge in [0.1, 0.15) is 5.82 Å². The van der Waals surface area contributed by atoms with E-state index in [0.29, 0.717) is 0 Å². The Morgan fingerprint density at radius 2 is 2.41 bits per heavy atom. The molecule has 0 spiro atoms. The Hall–Kier alpha value is -1.00. The number of ether oxygens (including phenoxy) is 1. The number of hydrogen-bond donors (Lipinski definition) is 1. The predicted molar refractivity (Wildman–Crippen MR) is 64.2 cm³/mol. The molecule has 2 heterocycles. The fourth-order valence-corrected chi connectivity index (χ4v) is 2.09. The molecule has 94 valence electrons. The van der Waals surface area contributed by atoms with Gasteiger partial charge in [-0.15, -0.1) is 0 Å². The number of halogens is 1. The van der Waals surface area contributed by atoms with Gasteiger partial charge in [-0.25, -0.2) is 4.39 Å². The van der Waals surface area contributed by atoms with E-state index >= 15 is 0 Å². The molecule has 0 aromatic carbocycles. The van der Waals surface area contributed by atoms with Crippen molar-refractivity contribution in [2.45, 2.75) is 38.3 Å². The Labute approximate surface area is 101 Å². The molecule has 0 radical (unpaired) electrons. The van der Waals surface area contributed by atoms with Crippen LogP contribution in [0.5, 0.6) is 0 Å². The van der Waals surface area contributed by atoms with E-state index in [1.165, 1.54) is 12.3 Å². The molecule has 0 bridgehead atoms. The van der Waals surface area contributed by atoms with Crippen LogP contribution in [-0.4, -0.2) is 23.7 Å². The molecule has 1 aromatic heterocycles. The summed E-state index contributed by atoms with van der Waals surface area (Å²) in [6, 6.07) is 3.26. The molecule has 0 saturated carbocycles. The van der Waals surface area contributed by atoms with Crippen LogP contribution in [0.1, 0.15) is 38.4 Å². The summed E-state index contributed by atoms with van der Waals surface area (Å²) in [6.07, 6.45) is 3.46. The lowest BCUT2D eigenvalue weighted by atomic mass is 10.0. The van der Waals surface area contributed by atoms with E-state index in [9.17, 15) is 4.39 Å². The van der Waals surface area contributed by atoms with Crippen LogP contribution in [0.3, 0.4) is 0 Å². The zero-order valence-electron chi connectivity index (χ0n) is 10.4. The number of hydrogen-bond acceptors (Lipinski definition) is 3. The summed E-state index contributed by atoms with van der Waals surface area (Å²) >= 11 is 0. The summed E-state index contributed by atoms with van der Waals surface area (Å²) in [5, 5.41) is 3.39. The Morgan fingerprint density at radius 1 is 1.59 bits per heavy atom. The van der Waals surface area contributed by atoms with Crippen molar-refractivity contribution in [2.24, 2.45) is 0 Å². The van der Waals surface area contributed by atoms with Crippen molar-refractivity contribution in [1.82, 2.24) is 10.3 Å². The van der Waals surface area contributed by atoms with Crippen molar-refractivity contribution in [2.75, 3.05) is 13.2 Å². The SMILES string of the molecule is CC(NCC1(C)CCCO1)c1ccc(F)cn1. The maximum atomic E-state index is 12.7. The summed E-state index contributed by atoms with van der Waals surface area (Å²) < 4.78 is 18.4. The van der Waals surface area contributed by atoms with Gasteiger partial charge in [-0.1, -0.05) is 0 Å². The van der Waals surface area contributed by atoms with Crippen molar-refractivity contribution >= 4 is 0 Å². The Bertz CT molecular complexity index is 360. The third-order valence-corrected chi connectivity index (χ3v) is 3.28. The van der Waals surface area contributed by atoms with Crippen molar-refractivity contribution in [1.29, 1.82) is 0 Å². The second-order valence-corrected chi connectivity index (χ2v) is 4.91. The predicted octanol–water partition coefficient (Wildman–Crippen LogP) is 2.44. The highest BCUT2D eigenvalue weighted by atomic mass is 19.1. The Kier molecular flexibility index (Phi) is 3.74. The number of nitrogens with zero attached hydrogens (tertiary/aromatic N) is 1. The van der Waals surface area contributed by atoms with Gasteiger partial charge in [-0.3, -0.25) is 4.98 Å². The fourth-order valence-electron chi connectivity index (χ4n) is 2.09. The second kappa shape index (κ2) is 5.10. The third-order valence-electron chi connectivity index (χ3n) is 3.28. The van der Waals surface area contributed by atoms with Gasteiger partial charge in [0.2, 0.25) is 0 Å². The average Bonchev–Trinajstić information content (AvgIpc) is 2.75. The fraction of sp³-hybridized carbons (Fsp3) is 0.615. The molecule has 1 N–H and O–H groups in total. The molecule has 1 fully saturated rings. The molecule has 1 saturated heterocycles. The van der Waals surface area contributed by atoms with E-state index in [4.69, 9.17) is 4.74 Å². The molecule has 1 aliphatic rings. The van der Waals surface area contributed by atoms with Crippen molar-refractivity contribution in [3.8, 4) is 0 Å². The molecular formula is C13H19FN2O. The molecule has 1 aliphatic heterocycles. The minimum Gasteiger partial charge on any atom is -0.374 e. The number of rotatable bonds is 4. The molecule has 0 amide bonds. The number of pyridine rings is 1. The second-order valence-electron chi connectivity index (χ2n) is 4.91. The Morgan fingerprint density at radius 3 is 3.00 bits per heavy atom. The Balaban J connectivity index is 1.88. The minimum atomic E-state index is -0.299. The largest absolute Gasteiger partial charge is 0.374 e. The van der Waals surface area contributed by atoms with Crippen LogP contribution in [0.4, 0.5) is 4.39 Å². The maximum Gasteiger partial charge on any atom is 0.141 e. The highest BCUT2D eigenvalue weighted by Gasteiger charge is 2.29.